The van der Waals surface area contributed by atoms with Gasteiger partial charge in [-0.05, 0) is 54.4 Å². The zero-order valence-electron chi connectivity index (χ0n) is 13.7. The van der Waals surface area contributed by atoms with E-state index in [1.165, 1.54) is 12.8 Å². The minimum absolute atomic E-state index is 0.134. The van der Waals surface area contributed by atoms with Gasteiger partial charge in [0, 0.05) is 5.92 Å². The Bertz CT molecular complexity index is 521. The Morgan fingerprint density at radius 2 is 1.76 bits per heavy atom. The average Bonchev–Trinajstić information content (AvgIpc) is 3.04. The largest absolute Gasteiger partial charge is 0.507 e. The number of ether oxygens (including phenoxy) is 1. The maximum atomic E-state index is 6.18. The molecule has 0 spiro atoms. The summed E-state index contributed by atoms with van der Waals surface area (Å²) in [7, 11) is -0.326. The van der Waals surface area contributed by atoms with E-state index in [-0.39, 0.29) is 24.4 Å². The van der Waals surface area contributed by atoms with Crippen molar-refractivity contribution >= 4 is 23.2 Å². The van der Waals surface area contributed by atoms with Gasteiger partial charge in [-0.1, -0.05) is 11.3 Å². The third-order valence-corrected chi connectivity index (χ3v) is 5.41. The highest BCUT2D eigenvalue weighted by Crippen LogP contribution is 2.43. The van der Waals surface area contributed by atoms with Crippen LogP contribution in [0.25, 0.3) is 0 Å². The van der Waals surface area contributed by atoms with Gasteiger partial charge < -0.3 is 14.0 Å². The predicted molar refractivity (Wildman–Crippen MR) is 85.6 cm³/mol. The summed E-state index contributed by atoms with van der Waals surface area (Å²) in [6.45, 7) is 12.4. The Morgan fingerprint density at radius 1 is 1.19 bits per heavy atom. The molecule has 2 heterocycles. The van der Waals surface area contributed by atoms with Gasteiger partial charge in [0.15, 0.2) is 0 Å². The predicted octanol–water partition coefficient (Wildman–Crippen LogP) is 3.11. The lowest BCUT2D eigenvalue weighted by atomic mass is 9.85. The number of aromatic nitrogens is 1. The third-order valence-electron chi connectivity index (χ3n) is 4.43. The lowest BCUT2D eigenvalue weighted by Gasteiger charge is -2.32. The van der Waals surface area contributed by atoms with E-state index in [9.17, 15) is 0 Å². The van der Waals surface area contributed by atoms with Crippen molar-refractivity contribution in [3.63, 3.8) is 0 Å². The van der Waals surface area contributed by atoms with Crippen LogP contribution in [0.3, 0.4) is 0 Å². The summed E-state index contributed by atoms with van der Waals surface area (Å²) in [5.74, 6) is 0.555. The first-order chi connectivity index (χ1) is 9.69. The monoisotopic (exact) mass is 309 g/mol. The molecule has 0 amide bonds. The number of hydrogen-bond acceptors (Lipinski definition) is 5. The van der Waals surface area contributed by atoms with Gasteiger partial charge in [0.2, 0.25) is 0 Å². The van der Waals surface area contributed by atoms with Crippen molar-refractivity contribution in [2.24, 2.45) is 0 Å². The molecule has 0 unspecified atom stereocenters. The minimum Gasteiger partial charge on any atom is -0.467 e. The van der Waals surface area contributed by atoms with Crippen molar-refractivity contribution in [1.29, 1.82) is 0 Å². The fourth-order valence-corrected chi connectivity index (χ4v) is 3.42. The van der Waals surface area contributed by atoms with E-state index in [2.05, 4.69) is 32.7 Å². The van der Waals surface area contributed by atoms with E-state index in [1.807, 2.05) is 13.8 Å². The Labute approximate surface area is 131 Å². The van der Waals surface area contributed by atoms with Gasteiger partial charge in [0.1, 0.15) is 0 Å². The fraction of sp³-hybridized carbons (Fsp3) is 0.800. The van der Waals surface area contributed by atoms with Crippen LogP contribution in [-0.4, -0.2) is 29.4 Å². The number of hydrogen-bond donors (Lipinski definition) is 0. The normalized spacial score (nSPS) is 23.9. The van der Waals surface area contributed by atoms with Crippen LogP contribution in [-0.2, 0) is 9.31 Å². The molecule has 2 fully saturated rings. The third kappa shape index (κ3) is 2.85. The number of rotatable bonds is 4. The highest BCUT2D eigenvalue weighted by Gasteiger charge is 2.54. The standard InChI is InChI=1S/C15H24BNO3S/c1-9(2)18-13-17-11(10-7-8-10)12(21-13)16-19-14(3,4)15(5,6)20-16/h9-10H,7-8H2,1-6H3. The van der Waals surface area contributed by atoms with Crippen molar-refractivity contribution in [3.8, 4) is 5.19 Å². The SMILES string of the molecule is CC(C)Oc1nc(C2CC2)c(B2OC(C)(C)C(C)(C)O2)s1. The molecule has 1 saturated heterocycles. The average molecular weight is 309 g/mol. The first-order valence-corrected chi connectivity index (χ1v) is 8.54. The summed E-state index contributed by atoms with van der Waals surface area (Å²) < 4.78 is 19.2. The van der Waals surface area contributed by atoms with E-state index in [0.717, 1.165) is 15.7 Å². The zero-order valence-corrected chi connectivity index (χ0v) is 14.5. The summed E-state index contributed by atoms with van der Waals surface area (Å²) in [6.07, 6.45) is 2.55. The Kier molecular flexibility index (Phi) is 3.62. The first kappa shape index (κ1) is 15.3. The molecule has 1 saturated carbocycles. The van der Waals surface area contributed by atoms with Crippen LogP contribution in [0, 0.1) is 0 Å². The maximum absolute atomic E-state index is 6.18. The second-order valence-corrected chi connectivity index (χ2v) is 8.25. The van der Waals surface area contributed by atoms with Crippen LogP contribution in [0.5, 0.6) is 5.19 Å². The zero-order chi connectivity index (χ0) is 15.4. The molecular weight excluding hydrogens is 285 g/mol. The molecule has 3 rings (SSSR count). The second-order valence-electron chi connectivity index (χ2n) is 7.26. The topological polar surface area (TPSA) is 40.6 Å². The van der Waals surface area contributed by atoms with Crippen molar-refractivity contribution in [2.45, 2.75) is 77.6 Å². The quantitative estimate of drug-likeness (QED) is 0.801. The summed E-state index contributed by atoms with van der Waals surface area (Å²) >= 11 is 1.57. The Balaban J connectivity index is 1.89. The number of thiazole rings is 1. The summed E-state index contributed by atoms with van der Waals surface area (Å²) in [6, 6.07) is 0. The highest BCUT2D eigenvalue weighted by molar-refractivity contribution is 7.23. The van der Waals surface area contributed by atoms with Gasteiger partial charge in [-0.2, -0.15) is 0 Å². The lowest BCUT2D eigenvalue weighted by molar-refractivity contribution is 0.00578. The molecule has 1 aliphatic heterocycles. The molecule has 0 N–H and O–H groups in total. The summed E-state index contributed by atoms with van der Waals surface area (Å²) in [5.41, 5.74) is 0.484. The smallest absolute Gasteiger partial charge is 0.467 e. The molecule has 0 radical (unpaired) electrons. The van der Waals surface area contributed by atoms with Crippen molar-refractivity contribution < 1.29 is 14.0 Å². The van der Waals surface area contributed by atoms with Crippen molar-refractivity contribution in [1.82, 2.24) is 4.98 Å². The van der Waals surface area contributed by atoms with Crippen LogP contribution in [0.15, 0.2) is 0 Å². The molecule has 2 aliphatic rings. The van der Waals surface area contributed by atoms with Gasteiger partial charge >= 0.3 is 7.12 Å². The van der Waals surface area contributed by atoms with E-state index in [0.29, 0.717) is 5.92 Å². The molecule has 21 heavy (non-hydrogen) atoms. The Hall–Kier alpha value is -0.585. The minimum atomic E-state index is -0.326. The van der Waals surface area contributed by atoms with Gasteiger partial charge in [-0.15, -0.1) is 0 Å². The molecule has 0 aromatic carbocycles. The summed E-state index contributed by atoms with van der Waals surface area (Å²) in [4.78, 5) is 4.69. The fourth-order valence-electron chi connectivity index (χ4n) is 2.34. The molecule has 6 heteroatoms. The first-order valence-electron chi connectivity index (χ1n) is 7.72. The van der Waals surface area contributed by atoms with Crippen LogP contribution in [0.2, 0.25) is 0 Å². The summed E-state index contributed by atoms with van der Waals surface area (Å²) in [5, 5.41) is 0.733. The molecule has 0 bridgehead atoms. The second kappa shape index (κ2) is 4.96. The maximum Gasteiger partial charge on any atom is 0.507 e. The Morgan fingerprint density at radius 3 is 2.24 bits per heavy atom. The van der Waals surface area contributed by atoms with E-state index >= 15 is 0 Å². The molecule has 1 aromatic heterocycles. The van der Waals surface area contributed by atoms with Gasteiger partial charge in [-0.3, -0.25) is 0 Å². The molecule has 0 atom stereocenters. The highest BCUT2D eigenvalue weighted by atomic mass is 32.1. The van der Waals surface area contributed by atoms with E-state index in [1.54, 1.807) is 11.3 Å². The van der Waals surface area contributed by atoms with Crippen LogP contribution >= 0.6 is 11.3 Å². The van der Waals surface area contributed by atoms with Crippen LogP contribution < -0.4 is 9.51 Å². The molecule has 4 nitrogen and oxygen atoms in total. The van der Waals surface area contributed by atoms with E-state index < -0.39 is 0 Å². The molecular formula is C15H24BNO3S. The lowest BCUT2D eigenvalue weighted by Crippen LogP contribution is -2.41. The van der Waals surface area contributed by atoms with Gasteiger partial charge in [-0.25, -0.2) is 4.98 Å². The number of nitrogens with zero attached hydrogens (tertiary/aromatic N) is 1. The molecule has 1 aliphatic carbocycles. The van der Waals surface area contributed by atoms with Gasteiger partial charge in [0.05, 0.1) is 27.8 Å². The molecule has 116 valence electrons. The van der Waals surface area contributed by atoms with E-state index in [4.69, 9.17) is 14.0 Å². The van der Waals surface area contributed by atoms with Crippen LogP contribution in [0.1, 0.15) is 66.0 Å². The van der Waals surface area contributed by atoms with Crippen molar-refractivity contribution in [2.75, 3.05) is 0 Å². The van der Waals surface area contributed by atoms with Gasteiger partial charge in [0.25, 0.3) is 5.19 Å². The van der Waals surface area contributed by atoms with Crippen LogP contribution in [0.4, 0.5) is 0 Å². The van der Waals surface area contributed by atoms with Crippen molar-refractivity contribution in [3.05, 3.63) is 5.69 Å². The molecule has 1 aromatic rings.